The summed E-state index contributed by atoms with van der Waals surface area (Å²) in [5.41, 5.74) is 3.31. The van der Waals surface area contributed by atoms with E-state index >= 15 is 0 Å². The van der Waals surface area contributed by atoms with Crippen LogP contribution in [0.4, 0.5) is 10.5 Å². The molecule has 0 radical (unpaired) electrons. The van der Waals surface area contributed by atoms with Crippen LogP contribution < -0.4 is 16.8 Å². The molecule has 3 amide bonds. The topological polar surface area (TPSA) is 134 Å². The van der Waals surface area contributed by atoms with E-state index in [2.05, 4.69) is 24.5 Å². The van der Waals surface area contributed by atoms with Crippen LogP contribution >= 0.6 is 0 Å². The number of anilines is 1. The second-order valence-corrected chi connectivity index (χ2v) is 10.0. The summed E-state index contributed by atoms with van der Waals surface area (Å²) in [7, 11) is 0. The van der Waals surface area contributed by atoms with E-state index in [1.807, 2.05) is 30.3 Å². The number of carboxylic acid groups (broad SMARTS) is 1. The normalized spacial score (nSPS) is 21.5. The van der Waals surface area contributed by atoms with Gasteiger partial charge < -0.3 is 26.8 Å². The molecule has 1 saturated heterocycles. The molecule has 1 heterocycles. The van der Waals surface area contributed by atoms with Crippen LogP contribution in [0.1, 0.15) is 85.7 Å². The molecular formula is C28H38N4O4. The van der Waals surface area contributed by atoms with E-state index < -0.39 is 12.0 Å². The molecule has 1 aliphatic carbocycles. The Hall–Kier alpha value is -3.39. The number of benzene rings is 2. The maximum atomic E-state index is 13.1. The van der Waals surface area contributed by atoms with Crippen molar-refractivity contribution in [3.8, 4) is 0 Å². The zero-order chi connectivity index (χ0) is 24.9. The quantitative estimate of drug-likeness (QED) is 0.420. The Bertz CT molecular complexity index is 1060. The van der Waals surface area contributed by atoms with E-state index in [0.29, 0.717) is 30.4 Å². The first-order valence-corrected chi connectivity index (χ1v) is 12.6. The minimum atomic E-state index is -0.912. The second kappa shape index (κ2) is 12.0. The molecule has 1 aliphatic heterocycles. The van der Waals surface area contributed by atoms with Gasteiger partial charge in [-0.3, -0.25) is 4.79 Å². The summed E-state index contributed by atoms with van der Waals surface area (Å²) in [5, 5.41) is 15.4. The largest absolute Gasteiger partial charge is 0.478 e. The average molecular weight is 495 g/mol. The van der Waals surface area contributed by atoms with Crippen LogP contribution in [0.5, 0.6) is 0 Å². The van der Waals surface area contributed by atoms with Gasteiger partial charge in [0.05, 0.1) is 5.56 Å². The Morgan fingerprint density at radius 1 is 0.972 bits per heavy atom. The van der Waals surface area contributed by atoms with Crippen LogP contribution in [0.3, 0.4) is 0 Å². The van der Waals surface area contributed by atoms with Crippen molar-refractivity contribution in [3.63, 3.8) is 0 Å². The number of hydrogen-bond acceptors (Lipinski definition) is 4. The monoisotopic (exact) mass is 494 g/mol. The summed E-state index contributed by atoms with van der Waals surface area (Å²) < 4.78 is 0. The Labute approximate surface area is 213 Å². The first-order valence-electron chi connectivity index (χ1n) is 12.6. The molecule has 8 nitrogen and oxygen atoms in total. The lowest BCUT2D eigenvalue weighted by molar-refractivity contribution is -0.125. The molecule has 6 N–H and O–H groups in total. The van der Waals surface area contributed by atoms with Crippen molar-refractivity contribution in [1.29, 1.82) is 0 Å². The van der Waals surface area contributed by atoms with Gasteiger partial charge in [-0.2, -0.15) is 0 Å². The highest BCUT2D eigenvalue weighted by atomic mass is 16.4. The molecule has 0 aromatic heterocycles. The molecule has 2 aromatic carbocycles. The summed E-state index contributed by atoms with van der Waals surface area (Å²) >= 11 is 0. The number of aromatic carboxylic acids is 1. The van der Waals surface area contributed by atoms with Gasteiger partial charge in [0.25, 0.3) is 0 Å². The molecule has 0 spiro atoms. The molecule has 1 saturated carbocycles. The minimum absolute atomic E-state index is 0. The standard InChI is InChI=1S/C28H35N3O4.H3N/c1-18(2)19-8-12-24(13-9-19)30-28(35)31-16-4-7-25(31)26(32)29-23-14-10-20(11-15-23)21-5-3-6-22(17-21)27(33)34;/h3,5-6,8-9,12-13,17-18,20,23,25H,4,7,10-11,14-16H2,1-2H3,(H,29,32)(H,30,35)(H,33,34);1H3/t20?,23?,25-;/m1./s1. The number of nitrogens with zero attached hydrogens (tertiary/aromatic N) is 1. The Morgan fingerprint density at radius 3 is 2.31 bits per heavy atom. The van der Waals surface area contributed by atoms with E-state index in [1.165, 1.54) is 5.56 Å². The minimum Gasteiger partial charge on any atom is -0.478 e. The van der Waals surface area contributed by atoms with Crippen LogP contribution in [0.2, 0.25) is 0 Å². The number of carbonyl (C=O) groups excluding carboxylic acids is 2. The van der Waals surface area contributed by atoms with Gasteiger partial charge in [-0.1, -0.05) is 38.1 Å². The van der Waals surface area contributed by atoms with Gasteiger partial charge in [0.2, 0.25) is 5.91 Å². The Balaban J connectivity index is 0.00000361. The average Bonchev–Trinajstić information content (AvgIpc) is 3.35. The summed E-state index contributed by atoms with van der Waals surface area (Å²) in [6.45, 7) is 4.83. The fourth-order valence-electron chi connectivity index (χ4n) is 5.22. The molecule has 0 unspecified atom stereocenters. The van der Waals surface area contributed by atoms with Crippen LogP contribution in [0.25, 0.3) is 0 Å². The molecule has 4 rings (SSSR count). The van der Waals surface area contributed by atoms with E-state index in [0.717, 1.165) is 43.4 Å². The zero-order valence-corrected chi connectivity index (χ0v) is 21.2. The number of amides is 3. The van der Waals surface area contributed by atoms with E-state index in [-0.39, 0.29) is 24.1 Å². The third kappa shape index (κ3) is 6.43. The van der Waals surface area contributed by atoms with Gasteiger partial charge in [-0.15, -0.1) is 0 Å². The first-order chi connectivity index (χ1) is 16.8. The molecule has 1 atom stereocenters. The molecule has 2 aliphatic rings. The third-order valence-corrected chi connectivity index (χ3v) is 7.32. The molecule has 2 fully saturated rings. The maximum absolute atomic E-state index is 13.1. The van der Waals surface area contributed by atoms with Crippen LogP contribution in [0, 0.1) is 0 Å². The van der Waals surface area contributed by atoms with Crippen molar-refractivity contribution in [1.82, 2.24) is 16.4 Å². The highest BCUT2D eigenvalue weighted by molar-refractivity contribution is 5.94. The Morgan fingerprint density at radius 2 is 1.67 bits per heavy atom. The lowest BCUT2D eigenvalue weighted by Gasteiger charge is -2.31. The summed E-state index contributed by atoms with van der Waals surface area (Å²) in [6, 6.07) is 14.4. The van der Waals surface area contributed by atoms with Crippen LogP contribution in [-0.4, -0.2) is 46.5 Å². The highest BCUT2D eigenvalue weighted by Crippen LogP contribution is 2.33. The number of rotatable bonds is 6. The summed E-state index contributed by atoms with van der Waals surface area (Å²) in [6.07, 6.45) is 4.96. The van der Waals surface area contributed by atoms with Crippen molar-refractivity contribution < 1.29 is 19.5 Å². The SMILES string of the molecule is CC(C)c1ccc(NC(=O)N2CCC[C@@H]2C(=O)NC2CCC(c3cccc(C(=O)O)c3)CC2)cc1.N. The number of carbonyl (C=O) groups is 3. The van der Waals surface area contributed by atoms with Crippen LogP contribution in [-0.2, 0) is 4.79 Å². The highest BCUT2D eigenvalue weighted by Gasteiger charge is 2.35. The van der Waals surface area contributed by atoms with Gasteiger partial charge in [-0.25, -0.2) is 9.59 Å². The summed E-state index contributed by atoms with van der Waals surface area (Å²) in [4.78, 5) is 38.9. The first kappa shape index (κ1) is 27.2. The van der Waals surface area contributed by atoms with Gasteiger partial charge in [-0.05, 0) is 85.8 Å². The fourth-order valence-corrected chi connectivity index (χ4v) is 5.22. The molecule has 194 valence electrons. The number of hydrogen-bond donors (Lipinski definition) is 4. The van der Waals surface area contributed by atoms with Gasteiger partial charge in [0.1, 0.15) is 6.04 Å². The Kier molecular flexibility index (Phi) is 9.09. The molecule has 8 heteroatoms. The lowest BCUT2D eigenvalue weighted by atomic mass is 9.81. The number of carboxylic acids is 1. The number of nitrogens with one attached hydrogen (secondary N) is 2. The van der Waals surface area contributed by atoms with Crippen molar-refractivity contribution >= 4 is 23.6 Å². The smallest absolute Gasteiger partial charge is 0.335 e. The zero-order valence-electron chi connectivity index (χ0n) is 21.2. The lowest BCUT2D eigenvalue weighted by Crippen LogP contribution is -2.50. The number of likely N-dealkylation sites (tertiary alicyclic amines) is 1. The van der Waals surface area contributed by atoms with Crippen molar-refractivity contribution in [2.75, 3.05) is 11.9 Å². The van der Waals surface area contributed by atoms with E-state index in [9.17, 15) is 19.5 Å². The van der Waals surface area contributed by atoms with Gasteiger partial charge in [0.15, 0.2) is 0 Å². The predicted octanol–water partition coefficient (Wildman–Crippen LogP) is 5.51. The fraction of sp³-hybridized carbons (Fsp3) is 0.464. The van der Waals surface area contributed by atoms with Gasteiger partial charge in [0, 0.05) is 18.3 Å². The van der Waals surface area contributed by atoms with Crippen molar-refractivity contribution in [3.05, 3.63) is 65.2 Å². The second-order valence-electron chi connectivity index (χ2n) is 10.0. The van der Waals surface area contributed by atoms with E-state index in [1.54, 1.807) is 23.1 Å². The number of urea groups is 1. The summed E-state index contributed by atoms with van der Waals surface area (Å²) in [5.74, 6) is -0.260. The van der Waals surface area contributed by atoms with Gasteiger partial charge >= 0.3 is 12.0 Å². The van der Waals surface area contributed by atoms with Crippen LogP contribution in [0.15, 0.2) is 48.5 Å². The predicted molar refractivity (Wildman–Crippen MR) is 141 cm³/mol. The van der Waals surface area contributed by atoms with Crippen molar-refractivity contribution in [2.45, 2.75) is 76.3 Å². The third-order valence-electron chi connectivity index (χ3n) is 7.32. The maximum Gasteiger partial charge on any atom is 0.335 e. The molecule has 36 heavy (non-hydrogen) atoms. The molecular weight excluding hydrogens is 456 g/mol. The van der Waals surface area contributed by atoms with Crippen molar-refractivity contribution in [2.24, 2.45) is 0 Å². The molecule has 2 aromatic rings. The molecule has 0 bridgehead atoms. The van der Waals surface area contributed by atoms with E-state index in [4.69, 9.17) is 0 Å².